The number of carbonyl (C=O) groups is 1. The van der Waals surface area contributed by atoms with Gasteiger partial charge in [-0.05, 0) is 38.1 Å². The van der Waals surface area contributed by atoms with Gasteiger partial charge in [-0.15, -0.1) is 0 Å². The lowest BCUT2D eigenvalue weighted by Crippen LogP contribution is -2.45. The van der Waals surface area contributed by atoms with Crippen molar-refractivity contribution in [2.24, 2.45) is 0 Å². The van der Waals surface area contributed by atoms with Gasteiger partial charge in [-0.3, -0.25) is 18.9 Å². The second-order valence-corrected chi connectivity index (χ2v) is 10.4. The Morgan fingerprint density at radius 2 is 1.91 bits per heavy atom. The van der Waals surface area contributed by atoms with Crippen molar-refractivity contribution in [3.05, 3.63) is 44.7 Å². The Morgan fingerprint density at radius 3 is 2.64 bits per heavy atom. The highest BCUT2D eigenvalue weighted by molar-refractivity contribution is 8.26. The zero-order chi connectivity index (χ0) is 23.5. The molecule has 0 bridgehead atoms. The van der Waals surface area contributed by atoms with Crippen molar-refractivity contribution in [1.29, 1.82) is 0 Å². The fourth-order valence-electron chi connectivity index (χ4n) is 4.21. The number of thioether (sulfide) groups is 1. The molecule has 2 aliphatic heterocycles. The summed E-state index contributed by atoms with van der Waals surface area (Å²) in [4.78, 5) is 38.2. The van der Waals surface area contributed by atoms with Gasteiger partial charge in [-0.1, -0.05) is 56.2 Å². The predicted molar refractivity (Wildman–Crippen MR) is 140 cm³/mol. The van der Waals surface area contributed by atoms with Gasteiger partial charge >= 0.3 is 0 Å². The molecule has 2 aromatic rings. The molecule has 1 amide bonds. The van der Waals surface area contributed by atoms with E-state index in [-0.39, 0.29) is 11.5 Å². The number of rotatable bonds is 7. The first-order valence-electron chi connectivity index (χ1n) is 11.6. The monoisotopic (exact) mass is 485 g/mol. The van der Waals surface area contributed by atoms with Crippen molar-refractivity contribution in [3.63, 3.8) is 0 Å². The summed E-state index contributed by atoms with van der Waals surface area (Å²) in [7, 11) is 2.09. The van der Waals surface area contributed by atoms with E-state index >= 15 is 0 Å². The number of likely N-dealkylation sites (N-methyl/N-ethyl adjacent to an activating group) is 1. The Labute approximate surface area is 204 Å². The first kappa shape index (κ1) is 23.9. The summed E-state index contributed by atoms with van der Waals surface area (Å²) in [5.74, 6) is 0.537. The molecular formula is C24H31N5O2S2. The topological polar surface area (TPSA) is 61.2 Å². The zero-order valence-electron chi connectivity index (χ0n) is 19.5. The van der Waals surface area contributed by atoms with Crippen molar-refractivity contribution in [2.75, 3.05) is 44.7 Å². The smallest absolute Gasteiger partial charge is 0.267 e. The molecule has 2 aromatic heterocycles. The highest BCUT2D eigenvalue weighted by Gasteiger charge is 2.32. The summed E-state index contributed by atoms with van der Waals surface area (Å²) >= 11 is 6.78. The molecule has 176 valence electrons. The van der Waals surface area contributed by atoms with Crippen LogP contribution in [0.3, 0.4) is 0 Å². The number of nitrogens with zero attached hydrogens (tertiary/aromatic N) is 5. The molecule has 0 aliphatic carbocycles. The molecule has 33 heavy (non-hydrogen) atoms. The van der Waals surface area contributed by atoms with E-state index < -0.39 is 0 Å². The zero-order valence-corrected chi connectivity index (χ0v) is 21.2. The molecule has 0 atom stereocenters. The van der Waals surface area contributed by atoms with Crippen LogP contribution in [0.1, 0.15) is 43.7 Å². The van der Waals surface area contributed by atoms with Crippen LogP contribution in [-0.4, -0.2) is 69.2 Å². The molecule has 4 heterocycles. The third-order valence-electron chi connectivity index (χ3n) is 6.25. The summed E-state index contributed by atoms with van der Waals surface area (Å²) < 4.78 is 2.14. The number of carbonyl (C=O) groups excluding carboxylic acids is 1. The van der Waals surface area contributed by atoms with E-state index in [2.05, 4.69) is 23.8 Å². The maximum Gasteiger partial charge on any atom is 0.267 e. The Kier molecular flexibility index (Phi) is 7.51. The van der Waals surface area contributed by atoms with Crippen LogP contribution in [0.2, 0.25) is 0 Å². The van der Waals surface area contributed by atoms with E-state index in [0.29, 0.717) is 32.8 Å². The first-order valence-corrected chi connectivity index (χ1v) is 12.8. The summed E-state index contributed by atoms with van der Waals surface area (Å²) in [5, 5.41) is 0. The molecule has 0 N–H and O–H groups in total. The molecule has 0 radical (unpaired) electrons. The third kappa shape index (κ3) is 5.00. The van der Waals surface area contributed by atoms with Crippen LogP contribution in [0.4, 0.5) is 5.82 Å². The minimum atomic E-state index is -0.161. The van der Waals surface area contributed by atoms with Gasteiger partial charge in [0.2, 0.25) is 0 Å². The molecule has 7 nitrogen and oxygen atoms in total. The Balaban J connectivity index is 1.73. The molecule has 2 saturated heterocycles. The van der Waals surface area contributed by atoms with Gasteiger partial charge in [-0.25, -0.2) is 4.98 Å². The molecule has 0 aromatic carbocycles. The number of fused-ring (bicyclic) bond motifs is 1. The lowest BCUT2D eigenvalue weighted by molar-refractivity contribution is -0.122. The van der Waals surface area contributed by atoms with Crippen molar-refractivity contribution in [2.45, 2.75) is 39.5 Å². The van der Waals surface area contributed by atoms with E-state index in [9.17, 15) is 9.59 Å². The van der Waals surface area contributed by atoms with E-state index in [1.165, 1.54) is 11.8 Å². The van der Waals surface area contributed by atoms with Crippen LogP contribution in [0.5, 0.6) is 0 Å². The van der Waals surface area contributed by atoms with Crippen LogP contribution in [-0.2, 0) is 4.79 Å². The summed E-state index contributed by atoms with van der Waals surface area (Å²) in [5.41, 5.74) is 1.88. The predicted octanol–water partition coefficient (Wildman–Crippen LogP) is 3.54. The highest BCUT2D eigenvalue weighted by atomic mass is 32.2. The van der Waals surface area contributed by atoms with Crippen molar-refractivity contribution in [1.82, 2.24) is 19.2 Å². The van der Waals surface area contributed by atoms with Crippen molar-refractivity contribution < 1.29 is 4.79 Å². The molecule has 9 heteroatoms. The molecular weight excluding hydrogens is 454 g/mol. The minimum absolute atomic E-state index is 0.112. The maximum atomic E-state index is 13.6. The van der Waals surface area contributed by atoms with Crippen LogP contribution in [0.15, 0.2) is 28.0 Å². The Morgan fingerprint density at radius 1 is 1.15 bits per heavy atom. The van der Waals surface area contributed by atoms with Gasteiger partial charge in [0.15, 0.2) is 0 Å². The molecule has 0 unspecified atom stereocenters. The standard InChI is InChI=1S/C24H31N5O2S2/c1-4-5-6-7-10-29-23(31)19(33-24(29)32)16-18-21(27-14-12-26(3)13-15-27)25-20-17(2)9-8-11-28(20)22(18)30/h8-9,11,16H,4-7,10,12-15H2,1-3H3. The number of unbranched alkanes of at least 4 members (excludes halogenated alkanes) is 3. The van der Waals surface area contributed by atoms with Crippen LogP contribution in [0.25, 0.3) is 11.7 Å². The molecule has 2 aliphatic rings. The van der Waals surface area contributed by atoms with E-state index in [4.69, 9.17) is 17.2 Å². The lowest BCUT2D eigenvalue weighted by atomic mass is 10.2. The average Bonchev–Trinajstić information content (AvgIpc) is 3.06. The number of pyridine rings is 1. The second kappa shape index (κ2) is 10.4. The number of anilines is 1. The maximum absolute atomic E-state index is 13.6. The number of piperazine rings is 1. The fraction of sp³-hybridized carbons (Fsp3) is 0.500. The van der Waals surface area contributed by atoms with Crippen LogP contribution in [0, 0.1) is 6.92 Å². The van der Waals surface area contributed by atoms with E-state index in [1.54, 1.807) is 21.6 Å². The SMILES string of the molecule is CCCCCCN1C(=O)C(=Cc2c(N3CCN(C)CC3)nc3c(C)cccn3c2=O)SC1=S. The number of aryl methyl sites for hydroxylation is 1. The summed E-state index contributed by atoms with van der Waals surface area (Å²) in [6.07, 6.45) is 7.75. The van der Waals surface area contributed by atoms with E-state index in [0.717, 1.165) is 57.4 Å². The largest absolute Gasteiger partial charge is 0.353 e. The first-order chi connectivity index (χ1) is 15.9. The second-order valence-electron chi connectivity index (χ2n) is 8.72. The molecule has 2 fully saturated rings. The Bertz CT molecular complexity index is 1150. The van der Waals surface area contributed by atoms with Gasteiger partial charge in [0.25, 0.3) is 11.5 Å². The number of hydrogen-bond donors (Lipinski definition) is 0. The summed E-state index contributed by atoms with van der Waals surface area (Å²) in [6, 6.07) is 3.80. The van der Waals surface area contributed by atoms with Gasteiger partial charge in [-0.2, -0.15) is 0 Å². The molecule has 4 rings (SSSR count). The van der Waals surface area contributed by atoms with Gasteiger partial charge in [0.1, 0.15) is 15.8 Å². The normalized spacial score (nSPS) is 18.8. The third-order valence-corrected chi connectivity index (χ3v) is 7.63. The number of thiocarbonyl (C=S) groups is 1. The average molecular weight is 486 g/mol. The summed E-state index contributed by atoms with van der Waals surface area (Å²) in [6.45, 7) is 8.11. The van der Waals surface area contributed by atoms with Crippen molar-refractivity contribution >= 4 is 51.7 Å². The molecule has 0 saturated carbocycles. The van der Waals surface area contributed by atoms with Gasteiger partial charge < -0.3 is 9.80 Å². The Hall–Kier alpha value is -2.23. The van der Waals surface area contributed by atoms with Gasteiger partial charge in [0.05, 0.1) is 10.5 Å². The molecule has 0 spiro atoms. The van der Waals surface area contributed by atoms with Gasteiger partial charge in [0, 0.05) is 38.9 Å². The minimum Gasteiger partial charge on any atom is -0.353 e. The quantitative estimate of drug-likeness (QED) is 0.338. The fourth-order valence-corrected chi connectivity index (χ4v) is 5.50. The number of hydrogen-bond acceptors (Lipinski definition) is 7. The highest BCUT2D eigenvalue weighted by Crippen LogP contribution is 2.34. The number of aromatic nitrogens is 2. The lowest BCUT2D eigenvalue weighted by Gasteiger charge is -2.34. The van der Waals surface area contributed by atoms with Crippen LogP contribution >= 0.6 is 24.0 Å². The number of amides is 1. The van der Waals surface area contributed by atoms with Crippen LogP contribution < -0.4 is 10.5 Å². The van der Waals surface area contributed by atoms with Crippen molar-refractivity contribution in [3.8, 4) is 0 Å². The van der Waals surface area contributed by atoms with E-state index in [1.807, 2.05) is 19.1 Å².